The number of aromatic nitrogens is 1. The maximum Gasteiger partial charge on any atom is 0.307 e. The lowest BCUT2D eigenvalue weighted by Gasteiger charge is -2.00. The molecule has 1 aromatic carbocycles. The van der Waals surface area contributed by atoms with Gasteiger partial charge in [-0.3, -0.25) is 4.79 Å². The van der Waals surface area contributed by atoms with Gasteiger partial charge in [-0.05, 0) is 18.6 Å². The molecule has 0 spiro atoms. The van der Waals surface area contributed by atoms with Crippen molar-refractivity contribution < 1.29 is 9.53 Å². The van der Waals surface area contributed by atoms with Crippen LogP contribution < -0.4 is 5.32 Å². The number of esters is 1. The standard InChI is InChI=1S/C12H14N2O2S/c1-8-4-3-5-9-11(8)14-12(17-9)13-7-6-10(15)16-2/h3-5H,6-7H2,1-2H3,(H,13,14). The SMILES string of the molecule is COC(=O)CCNc1nc2c(C)cccc2s1. The summed E-state index contributed by atoms with van der Waals surface area (Å²) >= 11 is 1.60. The van der Waals surface area contributed by atoms with Crippen molar-refractivity contribution in [2.45, 2.75) is 13.3 Å². The molecule has 17 heavy (non-hydrogen) atoms. The van der Waals surface area contributed by atoms with Gasteiger partial charge in [-0.25, -0.2) is 4.98 Å². The molecular weight excluding hydrogens is 236 g/mol. The maximum absolute atomic E-state index is 10.9. The van der Waals surface area contributed by atoms with Crippen LogP contribution in [0.3, 0.4) is 0 Å². The van der Waals surface area contributed by atoms with E-state index in [-0.39, 0.29) is 5.97 Å². The van der Waals surface area contributed by atoms with E-state index in [0.29, 0.717) is 13.0 Å². The van der Waals surface area contributed by atoms with Crippen LogP contribution in [0.15, 0.2) is 18.2 Å². The Hall–Kier alpha value is -1.62. The van der Waals surface area contributed by atoms with Crippen molar-refractivity contribution in [3.8, 4) is 0 Å². The number of benzene rings is 1. The number of hydrogen-bond acceptors (Lipinski definition) is 5. The number of carbonyl (C=O) groups excluding carboxylic acids is 1. The third-order valence-corrected chi connectivity index (χ3v) is 3.43. The Morgan fingerprint density at radius 2 is 2.35 bits per heavy atom. The highest BCUT2D eigenvalue weighted by Gasteiger charge is 2.06. The second-order valence-electron chi connectivity index (χ2n) is 3.69. The van der Waals surface area contributed by atoms with E-state index in [9.17, 15) is 4.79 Å². The molecule has 0 saturated carbocycles. The zero-order valence-electron chi connectivity index (χ0n) is 9.82. The van der Waals surface area contributed by atoms with Gasteiger partial charge in [-0.2, -0.15) is 0 Å². The molecule has 2 rings (SSSR count). The summed E-state index contributed by atoms with van der Waals surface area (Å²) in [6.07, 6.45) is 0.353. The van der Waals surface area contributed by atoms with E-state index in [2.05, 4.69) is 15.0 Å². The van der Waals surface area contributed by atoms with Crippen molar-refractivity contribution in [1.29, 1.82) is 0 Å². The van der Waals surface area contributed by atoms with Crippen LogP contribution >= 0.6 is 11.3 Å². The quantitative estimate of drug-likeness (QED) is 0.847. The van der Waals surface area contributed by atoms with Crippen molar-refractivity contribution in [1.82, 2.24) is 4.98 Å². The first-order chi connectivity index (χ1) is 8.20. The Kier molecular flexibility index (Phi) is 3.58. The van der Waals surface area contributed by atoms with Gasteiger partial charge in [0.1, 0.15) is 0 Å². The van der Waals surface area contributed by atoms with Gasteiger partial charge >= 0.3 is 5.97 Å². The topological polar surface area (TPSA) is 51.2 Å². The molecule has 0 aliphatic rings. The van der Waals surface area contributed by atoms with Gasteiger partial charge < -0.3 is 10.1 Å². The summed E-state index contributed by atoms with van der Waals surface area (Å²) in [5.41, 5.74) is 2.19. The molecule has 1 aromatic heterocycles. The van der Waals surface area contributed by atoms with E-state index in [0.717, 1.165) is 15.3 Å². The normalized spacial score (nSPS) is 10.5. The Morgan fingerprint density at radius 3 is 3.06 bits per heavy atom. The minimum Gasteiger partial charge on any atom is -0.469 e. The van der Waals surface area contributed by atoms with Crippen LogP contribution in [0.5, 0.6) is 0 Å². The van der Waals surface area contributed by atoms with E-state index >= 15 is 0 Å². The van der Waals surface area contributed by atoms with E-state index in [1.807, 2.05) is 25.1 Å². The Morgan fingerprint density at radius 1 is 1.53 bits per heavy atom. The largest absolute Gasteiger partial charge is 0.469 e. The minimum atomic E-state index is -0.213. The summed E-state index contributed by atoms with van der Waals surface area (Å²) in [4.78, 5) is 15.4. The van der Waals surface area contributed by atoms with Gasteiger partial charge in [0.2, 0.25) is 0 Å². The molecule has 0 radical (unpaired) electrons. The van der Waals surface area contributed by atoms with Crippen molar-refractivity contribution >= 4 is 32.7 Å². The van der Waals surface area contributed by atoms with Crippen LogP contribution in [-0.4, -0.2) is 24.6 Å². The van der Waals surface area contributed by atoms with Crippen LogP contribution in [0.1, 0.15) is 12.0 Å². The van der Waals surface area contributed by atoms with E-state index in [4.69, 9.17) is 0 Å². The number of nitrogens with zero attached hydrogens (tertiary/aromatic N) is 1. The fraction of sp³-hybridized carbons (Fsp3) is 0.333. The molecule has 1 N–H and O–H groups in total. The molecule has 0 saturated heterocycles. The Labute approximate surface area is 104 Å². The van der Waals surface area contributed by atoms with E-state index in [1.54, 1.807) is 11.3 Å². The number of methoxy groups -OCH3 is 1. The summed E-state index contributed by atoms with van der Waals surface area (Å²) in [6.45, 7) is 2.59. The van der Waals surface area contributed by atoms with Gasteiger partial charge in [-0.15, -0.1) is 0 Å². The second kappa shape index (κ2) is 5.14. The highest BCUT2D eigenvalue weighted by Crippen LogP contribution is 2.27. The van der Waals surface area contributed by atoms with Gasteiger partial charge in [0.25, 0.3) is 0 Å². The Bertz CT molecular complexity index is 536. The van der Waals surface area contributed by atoms with Gasteiger partial charge in [0.15, 0.2) is 5.13 Å². The highest BCUT2D eigenvalue weighted by atomic mass is 32.1. The molecule has 5 heteroatoms. The summed E-state index contributed by atoms with van der Waals surface area (Å²) in [6, 6.07) is 6.11. The zero-order chi connectivity index (χ0) is 12.3. The first-order valence-electron chi connectivity index (χ1n) is 5.37. The number of ether oxygens (including phenoxy) is 1. The van der Waals surface area contributed by atoms with Crippen LogP contribution in [0.25, 0.3) is 10.2 Å². The molecule has 0 aliphatic heterocycles. The number of para-hydroxylation sites is 1. The summed E-state index contributed by atoms with van der Waals surface area (Å²) in [5.74, 6) is -0.213. The van der Waals surface area contributed by atoms with Crippen LogP contribution in [-0.2, 0) is 9.53 Å². The predicted octanol–water partition coefficient (Wildman–Crippen LogP) is 2.58. The zero-order valence-corrected chi connectivity index (χ0v) is 10.6. The molecule has 0 atom stereocenters. The summed E-state index contributed by atoms with van der Waals surface area (Å²) in [7, 11) is 1.39. The van der Waals surface area contributed by atoms with E-state index in [1.165, 1.54) is 12.7 Å². The number of aryl methyl sites for hydroxylation is 1. The number of fused-ring (bicyclic) bond motifs is 1. The van der Waals surface area contributed by atoms with E-state index < -0.39 is 0 Å². The smallest absolute Gasteiger partial charge is 0.307 e. The van der Waals surface area contributed by atoms with Crippen LogP contribution in [0.4, 0.5) is 5.13 Å². The average molecular weight is 250 g/mol. The lowest BCUT2D eigenvalue weighted by Crippen LogP contribution is -2.09. The molecule has 0 aliphatic carbocycles. The second-order valence-corrected chi connectivity index (χ2v) is 4.72. The van der Waals surface area contributed by atoms with Crippen molar-refractivity contribution in [2.24, 2.45) is 0 Å². The molecule has 0 amide bonds. The molecule has 0 bridgehead atoms. The fourth-order valence-electron chi connectivity index (χ4n) is 1.54. The van der Waals surface area contributed by atoms with Crippen LogP contribution in [0, 0.1) is 6.92 Å². The first-order valence-corrected chi connectivity index (χ1v) is 6.19. The monoisotopic (exact) mass is 250 g/mol. The average Bonchev–Trinajstić information content (AvgIpc) is 2.73. The number of hydrogen-bond donors (Lipinski definition) is 1. The van der Waals surface area contributed by atoms with Gasteiger partial charge in [-0.1, -0.05) is 23.5 Å². The lowest BCUT2D eigenvalue weighted by molar-refractivity contribution is -0.140. The number of rotatable bonds is 4. The number of nitrogens with one attached hydrogen (secondary N) is 1. The molecule has 0 unspecified atom stereocenters. The highest BCUT2D eigenvalue weighted by molar-refractivity contribution is 7.22. The molecule has 1 heterocycles. The summed E-state index contributed by atoms with van der Waals surface area (Å²) < 4.78 is 5.73. The van der Waals surface area contributed by atoms with Crippen molar-refractivity contribution in [3.05, 3.63) is 23.8 Å². The molecule has 0 fully saturated rings. The fourth-order valence-corrected chi connectivity index (χ4v) is 2.50. The molecule has 2 aromatic rings. The first kappa shape index (κ1) is 11.9. The van der Waals surface area contributed by atoms with Gasteiger partial charge in [0.05, 0.1) is 23.7 Å². The van der Waals surface area contributed by atoms with Gasteiger partial charge in [0, 0.05) is 6.54 Å². The molecule has 4 nitrogen and oxygen atoms in total. The summed E-state index contributed by atoms with van der Waals surface area (Å²) in [5, 5.41) is 3.98. The van der Waals surface area contributed by atoms with Crippen molar-refractivity contribution in [2.75, 3.05) is 19.0 Å². The third-order valence-electron chi connectivity index (χ3n) is 2.45. The molecular formula is C12H14N2O2S. The number of anilines is 1. The number of thiazole rings is 1. The number of carbonyl (C=O) groups is 1. The molecule has 90 valence electrons. The van der Waals surface area contributed by atoms with Crippen molar-refractivity contribution in [3.63, 3.8) is 0 Å². The maximum atomic E-state index is 10.9. The minimum absolute atomic E-state index is 0.213. The predicted molar refractivity (Wildman–Crippen MR) is 69.5 cm³/mol. The lowest BCUT2D eigenvalue weighted by atomic mass is 10.2. The Balaban J connectivity index is 2.05. The van der Waals surface area contributed by atoms with Crippen LogP contribution in [0.2, 0.25) is 0 Å². The third kappa shape index (κ3) is 2.74.